The summed E-state index contributed by atoms with van der Waals surface area (Å²) in [7, 11) is -2.57. The second-order valence-electron chi connectivity index (χ2n) is 6.81. The van der Waals surface area contributed by atoms with E-state index in [1.807, 2.05) is 0 Å². The number of anilines is 2. The Labute approximate surface area is 188 Å². The highest BCUT2D eigenvalue weighted by molar-refractivity contribution is 7.92. The van der Waals surface area contributed by atoms with Gasteiger partial charge in [-0.25, -0.2) is 12.8 Å². The zero-order valence-corrected chi connectivity index (χ0v) is 18.2. The summed E-state index contributed by atoms with van der Waals surface area (Å²) in [5.41, 5.74) is 0.585. The summed E-state index contributed by atoms with van der Waals surface area (Å²) in [6.07, 6.45) is 4.92. The van der Waals surface area contributed by atoms with Crippen LogP contribution >= 0.6 is 11.6 Å². The number of rotatable bonds is 6. The summed E-state index contributed by atoms with van der Waals surface area (Å²) in [4.78, 5) is 12.3. The van der Waals surface area contributed by atoms with E-state index in [1.165, 1.54) is 41.2 Å². The molecule has 0 fully saturated rings. The number of hydrogen-bond donors (Lipinski definition) is 2. The lowest BCUT2D eigenvalue weighted by molar-refractivity contribution is 0.102. The van der Waals surface area contributed by atoms with Gasteiger partial charge in [-0.1, -0.05) is 11.6 Å². The van der Waals surface area contributed by atoms with Crippen LogP contribution in [0.5, 0.6) is 0 Å². The molecule has 0 saturated heterocycles. The predicted molar refractivity (Wildman–Crippen MR) is 119 cm³/mol. The van der Waals surface area contributed by atoms with Crippen LogP contribution in [-0.4, -0.2) is 28.7 Å². The van der Waals surface area contributed by atoms with Gasteiger partial charge in [0.1, 0.15) is 22.1 Å². The first-order valence-electron chi connectivity index (χ1n) is 9.29. The molecule has 11 heteroatoms. The molecule has 0 spiro atoms. The van der Waals surface area contributed by atoms with Crippen molar-refractivity contribution in [3.05, 3.63) is 89.6 Å². The molecule has 2 heterocycles. The Morgan fingerprint density at radius 1 is 1.06 bits per heavy atom. The van der Waals surface area contributed by atoms with Gasteiger partial charge in [0.15, 0.2) is 0 Å². The van der Waals surface area contributed by atoms with Gasteiger partial charge in [-0.05, 0) is 54.6 Å². The molecule has 0 atom stereocenters. The minimum absolute atomic E-state index is 0.107. The second-order valence-corrected chi connectivity index (χ2v) is 8.89. The van der Waals surface area contributed by atoms with Crippen molar-refractivity contribution in [2.45, 2.75) is 4.90 Å². The number of sulfonamides is 1. The summed E-state index contributed by atoms with van der Waals surface area (Å²) in [5, 5.41) is 7.15. The zero-order chi connectivity index (χ0) is 22.9. The molecule has 2 aromatic heterocycles. The van der Waals surface area contributed by atoms with Crippen LogP contribution in [-0.2, 0) is 17.1 Å². The average molecular weight is 474 g/mol. The molecule has 0 radical (unpaired) electrons. The van der Waals surface area contributed by atoms with Gasteiger partial charge in [-0.2, -0.15) is 5.10 Å². The van der Waals surface area contributed by atoms with E-state index in [4.69, 9.17) is 11.6 Å². The van der Waals surface area contributed by atoms with Crippen molar-refractivity contribution in [3.8, 4) is 5.82 Å². The average Bonchev–Trinajstić information content (AvgIpc) is 3.40. The molecular weight excluding hydrogens is 457 g/mol. The Balaban J connectivity index is 1.61. The molecule has 164 valence electrons. The van der Waals surface area contributed by atoms with E-state index >= 15 is 0 Å². The fourth-order valence-electron chi connectivity index (χ4n) is 3.09. The lowest BCUT2D eigenvalue weighted by Crippen LogP contribution is -2.17. The molecule has 4 rings (SSSR count). The fraction of sp³-hybridized carbons (Fsp3) is 0.0476. The van der Waals surface area contributed by atoms with Crippen LogP contribution in [0.1, 0.15) is 10.4 Å². The van der Waals surface area contributed by atoms with Crippen LogP contribution in [0.4, 0.5) is 15.8 Å². The highest BCUT2D eigenvalue weighted by Gasteiger charge is 2.22. The number of benzene rings is 2. The molecule has 0 unspecified atom stereocenters. The summed E-state index contributed by atoms with van der Waals surface area (Å²) >= 11 is 5.81. The van der Waals surface area contributed by atoms with Gasteiger partial charge < -0.3 is 9.88 Å². The Morgan fingerprint density at radius 2 is 1.72 bits per heavy atom. The largest absolute Gasteiger partial charge is 0.322 e. The summed E-state index contributed by atoms with van der Waals surface area (Å²) in [6.45, 7) is 0. The van der Waals surface area contributed by atoms with Crippen molar-refractivity contribution in [2.24, 2.45) is 7.05 Å². The zero-order valence-electron chi connectivity index (χ0n) is 16.7. The molecule has 2 aromatic carbocycles. The quantitative estimate of drug-likeness (QED) is 0.441. The fourth-order valence-corrected chi connectivity index (χ4v) is 4.38. The molecular formula is C21H17ClFN5O3S. The van der Waals surface area contributed by atoms with Crippen molar-refractivity contribution in [1.82, 2.24) is 14.3 Å². The number of amides is 1. The number of aromatic nitrogens is 3. The smallest absolute Gasteiger partial charge is 0.264 e. The van der Waals surface area contributed by atoms with Gasteiger partial charge in [0.2, 0.25) is 0 Å². The van der Waals surface area contributed by atoms with E-state index in [1.54, 1.807) is 36.1 Å². The molecule has 0 saturated carbocycles. The molecule has 0 aliphatic heterocycles. The maximum atomic E-state index is 14.4. The SMILES string of the molecule is Cn1ncc(C(=O)Nc2ccc(F)c(S(=O)(=O)Nc3ccc(Cl)cc3)c2)c1-n1cccc1. The van der Waals surface area contributed by atoms with E-state index in [0.717, 1.165) is 12.1 Å². The molecule has 0 aliphatic carbocycles. The van der Waals surface area contributed by atoms with Crippen LogP contribution < -0.4 is 10.0 Å². The third-order valence-electron chi connectivity index (χ3n) is 4.58. The second kappa shape index (κ2) is 8.48. The van der Waals surface area contributed by atoms with Crippen molar-refractivity contribution < 1.29 is 17.6 Å². The molecule has 0 bridgehead atoms. The molecule has 2 N–H and O–H groups in total. The van der Waals surface area contributed by atoms with Crippen LogP contribution in [0.15, 0.2) is 78.1 Å². The Bertz CT molecular complexity index is 1380. The van der Waals surface area contributed by atoms with E-state index < -0.39 is 26.6 Å². The molecule has 0 aliphatic rings. The topological polar surface area (TPSA) is 98.0 Å². The van der Waals surface area contributed by atoms with Crippen LogP contribution in [0.25, 0.3) is 5.82 Å². The number of carbonyl (C=O) groups is 1. The number of halogens is 2. The normalized spacial score (nSPS) is 11.3. The van der Waals surface area contributed by atoms with Gasteiger partial charge in [-0.15, -0.1) is 0 Å². The van der Waals surface area contributed by atoms with Crippen molar-refractivity contribution in [2.75, 3.05) is 10.0 Å². The van der Waals surface area contributed by atoms with E-state index in [9.17, 15) is 17.6 Å². The Kier molecular flexibility index (Phi) is 5.72. The van der Waals surface area contributed by atoms with E-state index in [0.29, 0.717) is 10.8 Å². The number of carbonyl (C=O) groups excluding carboxylic acids is 1. The maximum absolute atomic E-state index is 14.4. The Hall–Kier alpha value is -3.63. The summed E-state index contributed by atoms with van der Waals surface area (Å²) in [5.74, 6) is -0.965. The van der Waals surface area contributed by atoms with Gasteiger partial charge >= 0.3 is 0 Å². The first-order valence-corrected chi connectivity index (χ1v) is 11.2. The highest BCUT2D eigenvalue weighted by atomic mass is 35.5. The molecule has 8 nitrogen and oxygen atoms in total. The summed E-state index contributed by atoms with van der Waals surface area (Å²) < 4.78 is 45.3. The third kappa shape index (κ3) is 4.36. The predicted octanol–water partition coefficient (Wildman–Crippen LogP) is 4.06. The van der Waals surface area contributed by atoms with Gasteiger partial charge in [0, 0.05) is 35.8 Å². The first-order chi connectivity index (χ1) is 15.2. The van der Waals surface area contributed by atoms with Gasteiger partial charge in [0.25, 0.3) is 15.9 Å². The Morgan fingerprint density at radius 3 is 2.41 bits per heavy atom. The number of nitrogens with one attached hydrogen (secondary N) is 2. The molecule has 32 heavy (non-hydrogen) atoms. The molecule has 1 amide bonds. The minimum Gasteiger partial charge on any atom is -0.322 e. The monoisotopic (exact) mass is 473 g/mol. The molecule has 4 aromatic rings. The lowest BCUT2D eigenvalue weighted by Gasteiger charge is -2.12. The van der Waals surface area contributed by atoms with Crippen molar-refractivity contribution in [1.29, 1.82) is 0 Å². The minimum atomic E-state index is -4.26. The number of nitrogens with zero attached hydrogens (tertiary/aromatic N) is 3. The lowest BCUT2D eigenvalue weighted by atomic mass is 10.2. The third-order valence-corrected chi connectivity index (χ3v) is 6.22. The van der Waals surface area contributed by atoms with Crippen molar-refractivity contribution in [3.63, 3.8) is 0 Å². The summed E-state index contributed by atoms with van der Waals surface area (Å²) in [6, 6.07) is 12.8. The standard InChI is InChI=1S/C21H17ClFN5O3S/c1-27-21(28-10-2-3-11-28)17(13-24-27)20(29)25-16-8-9-18(23)19(12-16)32(30,31)26-15-6-4-14(22)5-7-15/h2-13,26H,1H3,(H,25,29). The van der Waals surface area contributed by atoms with Crippen molar-refractivity contribution >= 4 is 38.9 Å². The van der Waals surface area contributed by atoms with Gasteiger partial charge in [-0.3, -0.25) is 14.2 Å². The first kappa shape index (κ1) is 21.6. The van der Waals surface area contributed by atoms with Crippen LogP contribution in [0.3, 0.4) is 0 Å². The van der Waals surface area contributed by atoms with E-state index in [2.05, 4.69) is 15.1 Å². The van der Waals surface area contributed by atoms with E-state index in [-0.39, 0.29) is 16.9 Å². The number of hydrogen-bond acceptors (Lipinski definition) is 4. The van der Waals surface area contributed by atoms with Crippen LogP contribution in [0.2, 0.25) is 5.02 Å². The maximum Gasteiger partial charge on any atom is 0.264 e. The highest BCUT2D eigenvalue weighted by Crippen LogP contribution is 2.24. The van der Waals surface area contributed by atoms with Gasteiger partial charge in [0.05, 0.1) is 6.20 Å². The van der Waals surface area contributed by atoms with Crippen LogP contribution in [0, 0.1) is 5.82 Å². The number of aryl methyl sites for hydroxylation is 1.